The van der Waals surface area contributed by atoms with Gasteiger partial charge in [0.15, 0.2) is 0 Å². The number of halogens is 1. The van der Waals surface area contributed by atoms with Gasteiger partial charge in [-0.1, -0.05) is 17.7 Å². The molecular formula is C26H36ClN3O5. The standard InChI is InChI=1S/C26H36ClN3O5/c1-20(31)28-10-6-21(7-11-28)25(33)30-9-3-8-26(18-30,17-24(32)29-12-14-34-15-13-29)19-35-23-5-2-4-22(27)16-23/h2,4-5,16,21H,3,6-15,17-19H2,1H3/t26-/m1/s1. The first kappa shape index (κ1) is 25.8. The fourth-order valence-electron chi connectivity index (χ4n) is 5.45. The van der Waals surface area contributed by atoms with Gasteiger partial charge in [0, 0.05) is 69.0 Å². The maximum atomic E-state index is 13.5. The summed E-state index contributed by atoms with van der Waals surface area (Å²) < 4.78 is 11.6. The Hall–Kier alpha value is -2.32. The maximum Gasteiger partial charge on any atom is 0.225 e. The summed E-state index contributed by atoms with van der Waals surface area (Å²) in [6.45, 7) is 6.66. The molecule has 3 fully saturated rings. The van der Waals surface area contributed by atoms with Gasteiger partial charge in [0.2, 0.25) is 17.7 Å². The first-order chi connectivity index (χ1) is 16.8. The number of ether oxygens (including phenoxy) is 2. The quantitative estimate of drug-likeness (QED) is 0.594. The number of carbonyl (C=O) groups excluding carboxylic acids is 3. The maximum absolute atomic E-state index is 13.5. The molecule has 3 heterocycles. The molecule has 1 atom stereocenters. The van der Waals surface area contributed by atoms with Crippen LogP contribution in [0.2, 0.25) is 5.02 Å². The van der Waals surface area contributed by atoms with Crippen LogP contribution in [0.5, 0.6) is 5.75 Å². The van der Waals surface area contributed by atoms with Gasteiger partial charge in [-0.25, -0.2) is 0 Å². The van der Waals surface area contributed by atoms with E-state index in [4.69, 9.17) is 21.1 Å². The predicted octanol–water partition coefficient (Wildman–Crippen LogP) is 2.84. The number of carbonyl (C=O) groups is 3. The normalized spacial score (nSPS) is 23.8. The fourth-order valence-corrected chi connectivity index (χ4v) is 5.63. The Kier molecular flexibility index (Phi) is 8.55. The molecule has 1 aromatic carbocycles. The fraction of sp³-hybridized carbons (Fsp3) is 0.654. The predicted molar refractivity (Wildman–Crippen MR) is 132 cm³/mol. The van der Waals surface area contributed by atoms with Crippen molar-refractivity contribution >= 4 is 29.3 Å². The van der Waals surface area contributed by atoms with Gasteiger partial charge in [-0.05, 0) is 43.9 Å². The first-order valence-electron chi connectivity index (χ1n) is 12.6. The summed E-state index contributed by atoms with van der Waals surface area (Å²) in [7, 11) is 0. The largest absolute Gasteiger partial charge is 0.493 e. The minimum atomic E-state index is -0.467. The lowest BCUT2D eigenvalue weighted by molar-refractivity contribution is -0.147. The Labute approximate surface area is 212 Å². The van der Waals surface area contributed by atoms with E-state index < -0.39 is 5.41 Å². The van der Waals surface area contributed by atoms with Gasteiger partial charge in [0.25, 0.3) is 0 Å². The Morgan fingerprint density at radius 2 is 1.80 bits per heavy atom. The number of rotatable bonds is 6. The summed E-state index contributed by atoms with van der Waals surface area (Å²) in [5.41, 5.74) is -0.467. The molecule has 4 rings (SSSR count). The molecule has 1 aromatic rings. The van der Waals surface area contributed by atoms with Crippen molar-refractivity contribution in [3.63, 3.8) is 0 Å². The Morgan fingerprint density at radius 3 is 2.49 bits per heavy atom. The summed E-state index contributed by atoms with van der Waals surface area (Å²) in [6, 6.07) is 7.27. The smallest absolute Gasteiger partial charge is 0.225 e. The highest BCUT2D eigenvalue weighted by molar-refractivity contribution is 6.30. The van der Waals surface area contributed by atoms with E-state index >= 15 is 0 Å². The monoisotopic (exact) mass is 505 g/mol. The summed E-state index contributed by atoms with van der Waals surface area (Å²) >= 11 is 6.14. The van der Waals surface area contributed by atoms with Gasteiger partial charge in [-0.3, -0.25) is 14.4 Å². The molecule has 3 saturated heterocycles. The first-order valence-corrected chi connectivity index (χ1v) is 13.0. The molecule has 35 heavy (non-hydrogen) atoms. The molecule has 0 spiro atoms. The molecular weight excluding hydrogens is 470 g/mol. The van der Waals surface area contributed by atoms with Crippen LogP contribution in [0.4, 0.5) is 0 Å². The molecule has 3 amide bonds. The highest BCUT2D eigenvalue weighted by Gasteiger charge is 2.42. The van der Waals surface area contributed by atoms with E-state index in [1.165, 1.54) is 0 Å². The number of hydrogen-bond acceptors (Lipinski definition) is 5. The second-order valence-electron chi connectivity index (χ2n) is 10.1. The zero-order valence-electron chi connectivity index (χ0n) is 20.5. The molecule has 0 N–H and O–H groups in total. The van der Waals surface area contributed by atoms with E-state index in [1.807, 2.05) is 26.8 Å². The van der Waals surface area contributed by atoms with Crippen molar-refractivity contribution in [1.82, 2.24) is 14.7 Å². The van der Waals surface area contributed by atoms with Gasteiger partial charge >= 0.3 is 0 Å². The topological polar surface area (TPSA) is 79.4 Å². The number of piperidine rings is 2. The van der Waals surface area contributed by atoms with E-state index in [-0.39, 0.29) is 23.6 Å². The summed E-state index contributed by atoms with van der Waals surface area (Å²) in [4.78, 5) is 44.0. The molecule has 3 aliphatic heterocycles. The third kappa shape index (κ3) is 6.67. The average Bonchev–Trinajstić information content (AvgIpc) is 2.88. The number of nitrogens with zero attached hydrogens (tertiary/aromatic N) is 3. The Balaban J connectivity index is 1.46. The Morgan fingerprint density at radius 1 is 1.06 bits per heavy atom. The van der Waals surface area contributed by atoms with E-state index in [1.54, 1.807) is 19.1 Å². The van der Waals surface area contributed by atoms with Crippen LogP contribution in [0.3, 0.4) is 0 Å². The molecule has 192 valence electrons. The molecule has 0 bridgehead atoms. The SMILES string of the molecule is CC(=O)N1CCC(C(=O)N2CCC[C@@](COc3cccc(Cl)c3)(CC(=O)N3CCOCC3)C2)CC1. The number of benzene rings is 1. The molecule has 0 unspecified atom stereocenters. The lowest BCUT2D eigenvalue weighted by atomic mass is 9.76. The van der Waals surface area contributed by atoms with Crippen molar-refractivity contribution in [3.05, 3.63) is 29.3 Å². The third-order valence-electron chi connectivity index (χ3n) is 7.49. The second-order valence-corrected chi connectivity index (χ2v) is 10.5. The number of amides is 3. The number of hydrogen-bond donors (Lipinski definition) is 0. The highest BCUT2D eigenvalue weighted by atomic mass is 35.5. The summed E-state index contributed by atoms with van der Waals surface area (Å²) in [6.07, 6.45) is 3.35. The second kappa shape index (κ2) is 11.6. The van der Waals surface area contributed by atoms with Crippen LogP contribution < -0.4 is 4.74 Å². The van der Waals surface area contributed by atoms with E-state index in [2.05, 4.69) is 0 Å². The van der Waals surface area contributed by atoms with Gasteiger partial charge in [-0.2, -0.15) is 0 Å². The van der Waals surface area contributed by atoms with Crippen LogP contribution in [0.1, 0.15) is 39.0 Å². The van der Waals surface area contributed by atoms with Crippen molar-refractivity contribution < 1.29 is 23.9 Å². The van der Waals surface area contributed by atoms with Crippen molar-refractivity contribution in [2.45, 2.75) is 39.0 Å². The van der Waals surface area contributed by atoms with Gasteiger partial charge in [0.05, 0.1) is 19.8 Å². The summed E-state index contributed by atoms with van der Waals surface area (Å²) in [5.74, 6) is 0.875. The molecule has 0 aromatic heterocycles. The van der Waals surface area contributed by atoms with E-state index in [0.717, 1.165) is 12.8 Å². The van der Waals surface area contributed by atoms with Crippen molar-refractivity contribution in [3.8, 4) is 5.75 Å². The molecule has 8 nitrogen and oxygen atoms in total. The van der Waals surface area contributed by atoms with Gasteiger partial charge < -0.3 is 24.2 Å². The molecule has 0 saturated carbocycles. The van der Waals surface area contributed by atoms with E-state index in [0.29, 0.717) is 89.1 Å². The van der Waals surface area contributed by atoms with Gasteiger partial charge in [0.1, 0.15) is 5.75 Å². The van der Waals surface area contributed by atoms with Crippen LogP contribution >= 0.6 is 11.6 Å². The van der Waals surface area contributed by atoms with Crippen LogP contribution in [0.25, 0.3) is 0 Å². The zero-order chi connectivity index (χ0) is 24.8. The van der Waals surface area contributed by atoms with Crippen LogP contribution in [0.15, 0.2) is 24.3 Å². The minimum absolute atomic E-state index is 0.0627. The molecule has 3 aliphatic rings. The van der Waals surface area contributed by atoms with Gasteiger partial charge in [-0.15, -0.1) is 0 Å². The number of likely N-dealkylation sites (tertiary alicyclic amines) is 2. The van der Waals surface area contributed by atoms with E-state index in [9.17, 15) is 14.4 Å². The van der Waals surface area contributed by atoms with Crippen LogP contribution in [-0.4, -0.2) is 91.5 Å². The summed E-state index contributed by atoms with van der Waals surface area (Å²) in [5, 5.41) is 0.596. The molecule has 9 heteroatoms. The van der Waals surface area contributed by atoms with Crippen LogP contribution in [-0.2, 0) is 19.1 Å². The number of morpholine rings is 1. The molecule has 0 radical (unpaired) electrons. The van der Waals surface area contributed by atoms with Crippen molar-refractivity contribution in [2.24, 2.45) is 11.3 Å². The lowest BCUT2D eigenvalue weighted by Crippen LogP contribution is -2.53. The average molecular weight is 506 g/mol. The third-order valence-corrected chi connectivity index (χ3v) is 7.73. The highest BCUT2D eigenvalue weighted by Crippen LogP contribution is 2.37. The molecule has 0 aliphatic carbocycles. The Bertz CT molecular complexity index is 914. The van der Waals surface area contributed by atoms with Crippen molar-refractivity contribution in [1.29, 1.82) is 0 Å². The lowest BCUT2D eigenvalue weighted by Gasteiger charge is -2.44. The van der Waals surface area contributed by atoms with Crippen molar-refractivity contribution in [2.75, 3.05) is 59.1 Å². The zero-order valence-corrected chi connectivity index (χ0v) is 21.3. The minimum Gasteiger partial charge on any atom is -0.493 e. The van der Waals surface area contributed by atoms with Crippen LogP contribution in [0, 0.1) is 11.3 Å².